The SMILES string of the molecule is CN=C(NCCCNC(=O)c1ccccc1)NCCCOc1ccccc1.I. The summed E-state index contributed by atoms with van der Waals surface area (Å²) in [5.74, 6) is 1.60. The normalized spacial score (nSPS) is 10.5. The molecule has 0 saturated carbocycles. The number of nitrogens with zero attached hydrogens (tertiary/aromatic N) is 1. The average Bonchev–Trinajstić information content (AvgIpc) is 2.73. The molecule has 0 atom stereocenters. The Morgan fingerprint density at radius 2 is 1.43 bits per heavy atom. The Bertz CT molecular complexity index is 696. The minimum atomic E-state index is -0.0449. The third-order valence-electron chi connectivity index (χ3n) is 3.82. The number of benzene rings is 2. The van der Waals surface area contributed by atoms with Gasteiger partial charge < -0.3 is 20.7 Å². The van der Waals surface area contributed by atoms with Gasteiger partial charge in [-0.2, -0.15) is 0 Å². The standard InChI is InChI=1S/C21H28N4O2.HI/c1-22-21(25-16-9-17-27-19-12-6-3-7-13-19)24-15-8-14-23-20(26)18-10-4-2-5-11-18;/h2-7,10-13H,8-9,14-17H2,1H3,(H,23,26)(H2,22,24,25);1H. The van der Waals surface area contributed by atoms with Gasteiger partial charge in [0.2, 0.25) is 0 Å². The van der Waals surface area contributed by atoms with Gasteiger partial charge in [-0.15, -0.1) is 24.0 Å². The molecule has 0 saturated heterocycles. The Kier molecular flexibility index (Phi) is 12.5. The van der Waals surface area contributed by atoms with Gasteiger partial charge in [0.15, 0.2) is 5.96 Å². The van der Waals surface area contributed by atoms with E-state index >= 15 is 0 Å². The highest BCUT2D eigenvalue weighted by Gasteiger charge is 2.03. The summed E-state index contributed by atoms with van der Waals surface area (Å²) >= 11 is 0. The number of hydrogen-bond donors (Lipinski definition) is 3. The lowest BCUT2D eigenvalue weighted by Crippen LogP contribution is -2.39. The summed E-state index contributed by atoms with van der Waals surface area (Å²) in [6.45, 7) is 2.77. The molecule has 3 N–H and O–H groups in total. The number of aliphatic imine (C=N–C) groups is 1. The number of nitrogens with one attached hydrogen (secondary N) is 3. The van der Waals surface area contributed by atoms with Crippen LogP contribution in [0.1, 0.15) is 23.2 Å². The first kappa shape index (κ1) is 23.7. The van der Waals surface area contributed by atoms with Gasteiger partial charge in [0.1, 0.15) is 5.75 Å². The molecule has 0 radical (unpaired) electrons. The van der Waals surface area contributed by atoms with Crippen molar-refractivity contribution < 1.29 is 9.53 Å². The van der Waals surface area contributed by atoms with Crippen LogP contribution in [0.15, 0.2) is 65.7 Å². The van der Waals surface area contributed by atoms with E-state index in [0.717, 1.165) is 37.6 Å². The van der Waals surface area contributed by atoms with Crippen molar-refractivity contribution in [3.8, 4) is 5.75 Å². The second kappa shape index (κ2) is 14.7. The summed E-state index contributed by atoms with van der Waals surface area (Å²) in [6, 6.07) is 19.0. The van der Waals surface area contributed by atoms with Gasteiger partial charge in [-0.25, -0.2) is 0 Å². The second-order valence-corrected chi connectivity index (χ2v) is 5.92. The van der Waals surface area contributed by atoms with Crippen LogP contribution in [-0.4, -0.2) is 45.2 Å². The third kappa shape index (κ3) is 9.59. The number of para-hydroxylation sites is 1. The Hall–Kier alpha value is -2.29. The van der Waals surface area contributed by atoms with E-state index < -0.39 is 0 Å². The molecule has 28 heavy (non-hydrogen) atoms. The van der Waals surface area contributed by atoms with Crippen molar-refractivity contribution >= 4 is 35.8 Å². The molecule has 6 nitrogen and oxygen atoms in total. The molecule has 7 heteroatoms. The molecule has 1 amide bonds. The molecule has 2 rings (SSSR count). The van der Waals surface area contributed by atoms with E-state index in [-0.39, 0.29) is 29.9 Å². The van der Waals surface area contributed by atoms with Crippen molar-refractivity contribution in [1.29, 1.82) is 0 Å². The first-order chi connectivity index (χ1) is 13.3. The molecule has 0 bridgehead atoms. The lowest BCUT2D eigenvalue weighted by molar-refractivity contribution is 0.0953. The number of guanidine groups is 1. The molecule has 0 spiro atoms. The highest BCUT2D eigenvalue weighted by Crippen LogP contribution is 2.07. The van der Waals surface area contributed by atoms with Crippen molar-refractivity contribution in [2.24, 2.45) is 4.99 Å². The molecule has 2 aromatic carbocycles. The Morgan fingerprint density at radius 3 is 2.07 bits per heavy atom. The molecular weight excluding hydrogens is 467 g/mol. The van der Waals surface area contributed by atoms with Crippen LogP contribution in [-0.2, 0) is 0 Å². The first-order valence-corrected chi connectivity index (χ1v) is 9.25. The quantitative estimate of drug-likeness (QED) is 0.205. The zero-order valence-electron chi connectivity index (χ0n) is 16.2. The van der Waals surface area contributed by atoms with Gasteiger partial charge >= 0.3 is 0 Å². The summed E-state index contributed by atoms with van der Waals surface area (Å²) in [5, 5.41) is 9.40. The van der Waals surface area contributed by atoms with Crippen molar-refractivity contribution in [2.45, 2.75) is 12.8 Å². The number of halogens is 1. The van der Waals surface area contributed by atoms with Crippen LogP contribution in [0.5, 0.6) is 5.75 Å². The maximum Gasteiger partial charge on any atom is 0.251 e. The van der Waals surface area contributed by atoms with Crippen LogP contribution in [0.2, 0.25) is 0 Å². The fourth-order valence-electron chi connectivity index (χ4n) is 2.40. The number of carbonyl (C=O) groups excluding carboxylic acids is 1. The minimum Gasteiger partial charge on any atom is -0.494 e. The average molecular weight is 496 g/mol. The monoisotopic (exact) mass is 496 g/mol. The summed E-state index contributed by atoms with van der Waals surface area (Å²) in [4.78, 5) is 16.1. The molecule has 0 aromatic heterocycles. The van der Waals surface area contributed by atoms with E-state index in [4.69, 9.17) is 4.74 Å². The van der Waals surface area contributed by atoms with Gasteiger partial charge in [0.25, 0.3) is 5.91 Å². The molecule has 0 aliphatic carbocycles. The number of amides is 1. The lowest BCUT2D eigenvalue weighted by Gasteiger charge is -2.12. The zero-order valence-corrected chi connectivity index (χ0v) is 18.5. The fourth-order valence-corrected chi connectivity index (χ4v) is 2.40. The summed E-state index contributed by atoms with van der Waals surface area (Å²) in [5.41, 5.74) is 0.681. The van der Waals surface area contributed by atoms with Crippen LogP contribution in [0.25, 0.3) is 0 Å². The van der Waals surface area contributed by atoms with Crippen molar-refractivity contribution in [2.75, 3.05) is 33.3 Å². The van der Waals surface area contributed by atoms with E-state index in [0.29, 0.717) is 18.7 Å². The molecule has 0 unspecified atom stereocenters. The van der Waals surface area contributed by atoms with Crippen molar-refractivity contribution in [3.63, 3.8) is 0 Å². The van der Waals surface area contributed by atoms with E-state index in [2.05, 4.69) is 20.9 Å². The molecule has 152 valence electrons. The predicted molar refractivity (Wildman–Crippen MR) is 125 cm³/mol. The largest absolute Gasteiger partial charge is 0.494 e. The zero-order chi connectivity index (χ0) is 19.2. The first-order valence-electron chi connectivity index (χ1n) is 9.25. The third-order valence-corrected chi connectivity index (χ3v) is 3.82. The smallest absolute Gasteiger partial charge is 0.251 e. The van der Waals surface area contributed by atoms with Crippen LogP contribution in [0.4, 0.5) is 0 Å². The van der Waals surface area contributed by atoms with Gasteiger partial charge in [-0.05, 0) is 37.1 Å². The lowest BCUT2D eigenvalue weighted by atomic mass is 10.2. The van der Waals surface area contributed by atoms with Crippen LogP contribution >= 0.6 is 24.0 Å². The predicted octanol–water partition coefficient (Wildman–Crippen LogP) is 3.06. The summed E-state index contributed by atoms with van der Waals surface area (Å²) in [7, 11) is 1.74. The van der Waals surface area contributed by atoms with Crippen LogP contribution in [0, 0.1) is 0 Å². The molecular formula is C21H29IN4O2. The van der Waals surface area contributed by atoms with Gasteiger partial charge in [-0.3, -0.25) is 9.79 Å². The summed E-state index contributed by atoms with van der Waals surface area (Å²) < 4.78 is 5.65. The number of rotatable bonds is 10. The molecule has 0 fully saturated rings. The Morgan fingerprint density at radius 1 is 0.857 bits per heavy atom. The van der Waals surface area contributed by atoms with Crippen LogP contribution < -0.4 is 20.7 Å². The maximum absolute atomic E-state index is 11.9. The van der Waals surface area contributed by atoms with Crippen molar-refractivity contribution in [1.82, 2.24) is 16.0 Å². The van der Waals surface area contributed by atoms with Crippen LogP contribution in [0.3, 0.4) is 0 Å². The molecule has 2 aromatic rings. The number of ether oxygens (including phenoxy) is 1. The van der Waals surface area contributed by atoms with E-state index in [1.54, 1.807) is 19.2 Å². The molecule has 0 aliphatic heterocycles. The Balaban J connectivity index is 0.00000392. The Labute approximate surface area is 184 Å². The number of carbonyl (C=O) groups is 1. The van der Waals surface area contributed by atoms with Gasteiger partial charge in [-0.1, -0.05) is 36.4 Å². The highest BCUT2D eigenvalue weighted by molar-refractivity contribution is 14.0. The van der Waals surface area contributed by atoms with Crippen molar-refractivity contribution in [3.05, 3.63) is 66.2 Å². The highest BCUT2D eigenvalue weighted by atomic mass is 127. The maximum atomic E-state index is 11.9. The fraction of sp³-hybridized carbons (Fsp3) is 0.333. The van der Waals surface area contributed by atoms with E-state index in [1.807, 2.05) is 48.5 Å². The summed E-state index contributed by atoms with van der Waals surface area (Å²) in [6.07, 6.45) is 1.69. The topological polar surface area (TPSA) is 74.8 Å². The van der Waals surface area contributed by atoms with Gasteiger partial charge in [0, 0.05) is 32.2 Å². The minimum absolute atomic E-state index is 0. The molecule has 0 heterocycles. The van der Waals surface area contributed by atoms with Gasteiger partial charge in [0.05, 0.1) is 6.61 Å². The second-order valence-electron chi connectivity index (χ2n) is 5.92. The molecule has 0 aliphatic rings. The number of hydrogen-bond acceptors (Lipinski definition) is 3. The van der Waals surface area contributed by atoms with E-state index in [9.17, 15) is 4.79 Å². The van der Waals surface area contributed by atoms with E-state index in [1.165, 1.54) is 0 Å².